The van der Waals surface area contributed by atoms with Gasteiger partial charge in [-0.05, 0) is 52.2 Å². The van der Waals surface area contributed by atoms with Crippen LogP contribution in [-0.4, -0.2) is 18.5 Å². The van der Waals surface area contributed by atoms with Crippen molar-refractivity contribution >= 4 is 33.6 Å². The van der Waals surface area contributed by atoms with Gasteiger partial charge in [0, 0.05) is 18.2 Å². The van der Waals surface area contributed by atoms with Crippen LogP contribution in [0.5, 0.6) is 0 Å². The summed E-state index contributed by atoms with van der Waals surface area (Å²) in [6.45, 7) is 0.266. The van der Waals surface area contributed by atoms with Crippen LogP contribution in [0.4, 0.5) is 23.7 Å². The molecule has 1 aliphatic rings. The molecule has 1 aliphatic heterocycles. The second kappa shape index (κ2) is 6.27. The summed E-state index contributed by atoms with van der Waals surface area (Å²) in [5.41, 5.74) is 0.788. The van der Waals surface area contributed by atoms with Crippen molar-refractivity contribution < 1.29 is 22.8 Å². The fourth-order valence-electron chi connectivity index (χ4n) is 2.51. The van der Waals surface area contributed by atoms with Crippen molar-refractivity contribution in [1.82, 2.24) is 5.32 Å². The van der Waals surface area contributed by atoms with E-state index in [4.69, 9.17) is 0 Å². The number of hydrogen-bond acceptors (Lipinski definition) is 2. The standard InChI is InChI=1S/C16H10BrF3N2O2/c17-12-5-8-1-2-22(14(8)7-13(12)20)16(24)21-15(23)9-3-10(18)6-11(19)4-9/h3-7H,1-2H2,(H,21,23,24). The number of nitrogens with zero attached hydrogens (tertiary/aromatic N) is 1. The van der Waals surface area contributed by atoms with Gasteiger partial charge >= 0.3 is 6.03 Å². The molecule has 0 aromatic heterocycles. The molecule has 0 spiro atoms. The average Bonchev–Trinajstić information content (AvgIpc) is 2.89. The first kappa shape index (κ1) is 16.5. The van der Waals surface area contributed by atoms with Gasteiger partial charge in [-0.15, -0.1) is 0 Å². The zero-order chi connectivity index (χ0) is 17.4. The Morgan fingerprint density at radius 3 is 2.38 bits per heavy atom. The first-order valence-electron chi connectivity index (χ1n) is 6.92. The number of imide groups is 1. The first-order chi connectivity index (χ1) is 11.3. The summed E-state index contributed by atoms with van der Waals surface area (Å²) in [6, 6.07) is 4.24. The molecule has 3 rings (SSSR count). The number of urea groups is 1. The zero-order valence-electron chi connectivity index (χ0n) is 12.1. The average molecular weight is 399 g/mol. The predicted octanol–water partition coefficient (Wildman–Crippen LogP) is 3.78. The Kier molecular flexibility index (Phi) is 4.31. The fourth-order valence-corrected chi connectivity index (χ4v) is 2.91. The number of carbonyl (C=O) groups excluding carboxylic acids is 2. The normalized spacial score (nSPS) is 12.9. The largest absolute Gasteiger partial charge is 0.328 e. The molecule has 0 bridgehead atoms. The highest BCUT2D eigenvalue weighted by Gasteiger charge is 2.27. The van der Waals surface area contributed by atoms with E-state index in [1.165, 1.54) is 11.0 Å². The van der Waals surface area contributed by atoms with Crippen molar-refractivity contribution in [3.05, 3.63) is 63.4 Å². The van der Waals surface area contributed by atoms with Crippen molar-refractivity contribution in [2.24, 2.45) is 0 Å². The van der Waals surface area contributed by atoms with E-state index in [9.17, 15) is 22.8 Å². The number of halogens is 4. The topological polar surface area (TPSA) is 49.4 Å². The Balaban J connectivity index is 1.80. The number of carbonyl (C=O) groups is 2. The molecule has 1 heterocycles. The van der Waals surface area contributed by atoms with Crippen molar-refractivity contribution in [3.8, 4) is 0 Å². The molecule has 4 nitrogen and oxygen atoms in total. The lowest BCUT2D eigenvalue weighted by molar-refractivity contribution is 0.0964. The van der Waals surface area contributed by atoms with E-state index in [-0.39, 0.29) is 16.6 Å². The second-order valence-corrected chi connectivity index (χ2v) is 6.07. The molecule has 24 heavy (non-hydrogen) atoms. The van der Waals surface area contributed by atoms with Crippen LogP contribution in [0, 0.1) is 17.5 Å². The van der Waals surface area contributed by atoms with Crippen LogP contribution >= 0.6 is 15.9 Å². The maximum atomic E-state index is 13.7. The third-order valence-electron chi connectivity index (χ3n) is 3.61. The Hall–Kier alpha value is -2.35. The molecule has 0 unspecified atom stereocenters. The smallest absolute Gasteiger partial charge is 0.293 e. The number of hydrogen-bond donors (Lipinski definition) is 1. The Morgan fingerprint density at radius 1 is 1.04 bits per heavy atom. The number of anilines is 1. The van der Waals surface area contributed by atoms with E-state index >= 15 is 0 Å². The van der Waals surface area contributed by atoms with Crippen LogP contribution in [0.1, 0.15) is 15.9 Å². The minimum atomic E-state index is -0.940. The molecule has 3 amide bonds. The number of amides is 3. The Bertz CT molecular complexity index is 837. The highest BCUT2D eigenvalue weighted by atomic mass is 79.9. The van der Waals surface area contributed by atoms with E-state index in [1.807, 2.05) is 5.32 Å². The molecule has 0 fully saturated rings. The maximum absolute atomic E-state index is 13.7. The van der Waals surface area contributed by atoms with Crippen LogP contribution in [0.15, 0.2) is 34.8 Å². The minimum Gasteiger partial charge on any atom is -0.293 e. The fraction of sp³-hybridized carbons (Fsp3) is 0.125. The van der Waals surface area contributed by atoms with Crippen molar-refractivity contribution in [2.45, 2.75) is 6.42 Å². The van der Waals surface area contributed by atoms with E-state index in [2.05, 4.69) is 15.9 Å². The SMILES string of the molecule is O=C(NC(=O)N1CCc2cc(Br)c(F)cc21)c1cc(F)cc(F)c1. The molecular weight excluding hydrogens is 389 g/mol. The zero-order valence-corrected chi connectivity index (χ0v) is 13.7. The van der Waals surface area contributed by atoms with Gasteiger partial charge in [-0.25, -0.2) is 18.0 Å². The minimum absolute atomic E-state index is 0.266. The van der Waals surface area contributed by atoms with Crippen LogP contribution in [-0.2, 0) is 6.42 Å². The van der Waals surface area contributed by atoms with Crippen LogP contribution in [0.3, 0.4) is 0 Å². The Labute approximate surface area is 143 Å². The molecule has 8 heteroatoms. The number of benzene rings is 2. The molecule has 1 N–H and O–H groups in total. The second-order valence-electron chi connectivity index (χ2n) is 5.21. The number of fused-ring (bicyclic) bond motifs is 1. The first-order valence-corrected chi connectivity index (χ1v) is 7.71. The van der Waals surface area contributed by atoms with Crippen molar-refractivity contribution in [1.29, 1.82) is 0 Å². The number of rotatable bonds is 1. The van der Waals surface area contributed by atoms with E-state index < -0.39 is 29.4 Å². The molecule has 124 valence electrons. The van der Waals surface area contributed by atoms with Crippen LogP contribution < -0.4 is 10.2 Å². The summed E-state index contributed by atoms with van der Waals surface area (Å²) in [7, 11) is 0. The van der Waals surface area contributed by atoms with Crippen molar-refractivity contribution in [2.75, 3.05) is 11.4 Å². The van der Waals surface area contributed by atoms with Gasteiger partial charge in [0.05, 0.1) is 10.2 Å². The Morgan fingerprint density at radius 2 is 1.71 bits per heavy atom. The quantitative estimate of drug-likeness (QED) is 0.794. The van der Waals surface area contributed by atoms with E-state index in [1.54, 1.807) is 6.07 Å². The third kappa shape index (κ3) is 3.14. The predicted molar refractivity (Wildman–Crippen MR) is 84.4 cm³/mol. The molecule has 0 radical (unpaired) electrons. The molecule has 0 atom stereocenters. The van der Waals surface area contributed by atoms with Gasteiger partial charge in [-0.2, -0.15) is 0 Å². The maximum Gasteiger partial charge on any atom is 0.328 e. The summed E-state index contributed by atoms with van der Waals surface area (Å²) in [6.07, 6.45) is 0.504. The molecular formula is C16H10BrF3N2O2. The summed E-state index contributed by atoms with van der Waals surface area (Å²) in [5.74, 6) is -3.33. The molecule has 2 aromatic rings. The van der Waals surface area contributed by atoms with Gasteiger partial charge in [-0.1, -0.05) is 0 Å². The summed E-state index contributed by atoms with van der Waals surface area (Å²) in [4.78, 5) is 25.4. The molecule has 0 aliphatic carbocycles. The third-order valence-corrected chi connectivity index (χ3v) is 4.22. The number of nitrogens with one attached hydrogen (secondary N) is 1. The lowest BCUT2D eigenvalue weighted by atomic mass is 10.2. The van der Waals surface area contributed by atoms with Gasteiger partial charge in [-0.3, -0.25) is 15.0 Å². The summed E-state index contributed by atoms with van der Waals surface area (Å²) in [5, 5.41) is 2.05. The monoisotopic (exact) mass is 398 g/mol. The van der Waals surface area contributed by atoms with Crippen LogP contribution in [0.25, 0.3) is 0 Å². The highest BCUT2D eigenvalue weighted by Crippen LogP contribution is 2.32. The summed E-state index contributed by atoms with van der Waals surface area (Å²) < 4.78 is 40.2. The molecule has 0 saturated carbocycles. The van der Waals surface area contributed by atoms with Gasteiger partial charge in [0.1, 0.15) is 17.5 Å². The van der Waals surface area contributed by atoms with E-state index in [0.717, 1.165) is 17.7 Å². The van der Waals surface area contributed by atoms with Gasteiger partial charge in [0.15, 0.2) is 0 Å². The molecule has 0 saturated heterocycles. The summed E-state index contributed by atoms with van der Waals surface area (Å²) >= 11 is 3.07. The lowest BCUT2D eigenvalue weighted by Gasteiger charge is -2.17. The van der Waals surface area contributed by atoms with Crippen molar-refractivity contribution in [3.63, 3.8) is 0 Å². The van der Waals surface area contributed by atoms with Gasteiger partial charge < -0.3 is 0 Å². The molecule has 2 aromatic carbocycles. The van der Waals surface area contributed by atoms with Gasteiger partial charge in [0.2, 0.25) is 0 Å². The van der Waals surface area contributed by atoms with Gasteiger partial charge in [0.25, 0.3) is 5.91 Å². The lowest BCUT2D eigenvalue weighted by Crippen LogP contribution is -2.42. The van der Waals surface area contributed by atoms with Crippen LogP contribution in [0.2, 0.25) is 0 Å². The highest BCUT2D eigenvalue weighted by molar-refractivity contribution is 9.10. The van der Waals surface area contributed by atoms with E-state index in [0.29, 0.717) is 18.2 Å².